The first kappa shape index (κ1) is 23.6. The van der Waals surface area contributed by atoms with Crippen LogP contribution in [0.15, 0.2) is 71.6 Å². The SMILES string of the molecule is Cc1ccc(Cl)c(OC2CC3CCC(C2)N3C(=O)c2ccc(CSc3ccccc3Cl)cc2)c1. The summed E-state index contributed by atoms with van der Waals surface area (Å²) in [5.41, 5.74) is 3.06. The van der Waals surface area contributed by atoms with E-state index in [9.17, 15) is 4.79 Å². The number of amides is 1. The van der Waals surface area contributed by atoms with Gasteiger partial charge in [0, 0.05) is 41.1 Å². The number of carbonyl (C=O) groups is 1. The highest BCUT2D eigenvalue weighted by atomic mass is 35.5. The Hall–Kier alpha value is -2.14. The van der Waals surface area contributed by atoms with Crippen LogP contribution in [0.3, 0.4) is 0 Å². The van der Waals surface area contributed by atoms with E-state index < -0.39 is 0 Å². The van der Waals surface area contributed by atoms with Crippen LogP contribution in [0.2, 0.25) is 10.0 Å². The Bertz CT molecular complexity index is 1170. The van der Waals surface area contributed by atoms with Gasteiger partial charge in [0.15, 0.2) is 0 Å². The minimum Gasteiger partial charge on any atom is -0.489 e. The number of hydrogen-bond donors (Lipinski definition) is 0. The monoisotopic (exact) mass is 511 g/mol. The van der Waals surface area contributed by atoms with Crippen molar-refractivity contribution in [1.29, 1.82) is 0 Å². The second-order valence-electron chi connectivity index (χ2n) is 9.16. The first-order valence-corrected chi connectivity index (χ1v) is 13.4. The molecule has 5 rings (SSSR count). The Morgan fingerprint density at radius 3 is 2.38 bits per heavy atom. The fourth-order valence-electron chi connectivity index (χ4n) is 5.05. The maximum atomic E-state index is 13.4. The van der Waals surface area contributed by atoms with Crippen LogP contribution in [0.4, 0.5) is 0 Å². The molecule has 2 heterocycles. The topological polar surface area (TPSA) is 29.5 Å². The molecule has 0 spiro atoms. The molecule has 2 fully saturated rings. The third-order valence-electron chi connectivity index (χ3n) is 6.74. The summed E-state index contributed by atoms with van der Waals surface area (Å²) >= 11 is 14.3. The molecule has 3 aromatic carbocycles. The molecule has 176 valence electrons. The van der Waals surface area contributed by atoms with Gasteiger partial charge in [-0.2, -0.15) is 0 Å². The summed E-state index contributed by atoms with van der Waals surface area (Å²) in [6, 6.07) is 22.2. The smallest absolute Gasteiger partial charge is 0.254 e. The van der Waals surface area contributed by atoms with Crippen LogP contribution in [0.25, 0.3) is 0 Å². The van der Waals surface area contributed by atoms with Crippen molar-refractivity contribution in [3.8, 4) is 5.75 Å². The van der Waals surface area contributed by atoms with E-state index in [1.54, 1.807) is 11.8 Å². The molecule has 34 heavy (non-hydrogen) atoms. The van der Waals surface area contributed by atoms with E-state index in [4.69, 9.17) is 27.9 Å². The fraction of sp³-hybridized carbons (Fsp3) is 0.321. The predicted molar refractivity (Wildman–Crippen MR) is 140 cm³/mol. The Morgan fingerprint density at radius 2 is 1.68 bits per heavy atom. The van der Waals surface area contributed by atoms with Crippen molar-refractivity contribution in [3.05, 3.63) is 93.5 Å². The molecular weight excluding hydrogens is 485 g/mol. The molecule has 1 amide bonds. The number of carbonyl (C=O) groups excluding carboxylic acids is 1. The van der Waals surface area contributed by atoms with E-state index in [2.05, 4.69) is 17.0 Å². The van der Waals surface area contributed by atoms with Crippen molar-refractivity contribution in [2.45, 2.75) is 61.4 Å². The number of ether oxygens (including phenoxy) is 1. The number of piperidine rings is 1. The van der Waals surface area contributed by atoms with Gasteiger partial charge in [-0.25, -0.2) is 0 Å². The molecule has 0 radical (unpaired) electrons. The standard InChI is InChI=1S/C28H27Cl2NO2S/c1-18-6-13-24(29)26(14-18)33-23-15-21-11-12-22(16-23)31(21)28(32)20-9-7-19(8-10-20)17-34-27-5-3-2-4-25(27)30/h2-10,13-14,21-23H,11-12,15-17H2,1H3. The van der Waals surface area contributed by atoms with Gasteiger partial charge in [0.25, 0.3) is 5.91 Å². The molecule has 2 unspecified atom stereocenters. The molecule has 0 saturated carbocycles. The molecule has 2 aliphatic rings. The molecule has 2 atom stereocenters. The first-order valence-electron chi connectivity index (χ1n) is 11.7. The Labute approximate surface area is 215 Å². The maximum absolute atomic E-state index is 13.4. The molecule has 2 saturated heterocycles. The van der Waals surface area contributed by atoms with Crippen molar-refractivity contribution in [2.24, 2.45) is 0 Å². The number of rotatable bonds is 6. The van der Waals surface area contributed by atoms with Gasteiger partial charge in [-0.05, 0) is 67.3 Å². The highest BCUT2D eigenvalue weighted by Gasteiger charge is 2.44. The largest absolute Gasteiger partial charge is 0.489 e. The summed E-state index contributed by atoms with van der Waals surface area (Å²) in [5, 5.41) is 1.41. The van der Waals surface area contributed by atoms with Gasteiger partial charge in [0.1, 0.15) is 11.9 Å². The van der Waals surface area contributed by atoms with Gasteiger partial charge in [-0.3, -0.25) is 4.79 Å². The lowest BCUT2D eigenvalue weighted by molar-refractivity contribution is 0.0359. The lowest BCUT2D eigenvalue weighted by atomic mass is 9.98. The van der Waals surface area contributed by atoms with Gasteiger partial charge in [-0.1, -0.05) is 53.5 Å². The molecular formula is C28H27Cl2NO2S. The summed E-state index contributed by atoms with van der Waals surface area (Å²) in [5.74, 6) is 1.69. The van der Waals surface area contributed by atoms with Crippen molar-refractivity contribution in [3.63, 3.8) is 0 Å². The Balaban J connectivity index is 1.21. The van der Waals surface area contributed by atoms with Crippen LogP contribution in [0.1, 0.15) is 47.2 Å². The number of benzene rings is 3. The summed E-state index contributed by atoms with van der Waals surface area (Å²) in [6.07, 6.45) is 3.84. The van der Waals surface area contributed by atoms with Gasteiger partial charge < -0.3 is 9.64 Å². The van der Waals surface area contributed by atoms with Gasteiger partial charge in [-0.15, -0.1) is 11.8 Å². The second kappa shape index (κ2) is 10.2. The molecule has 0 aromatic heterocycles. The molecule has 0 N–H and O–H groups in total. The third-order valence-corrected chi connectivity index (χ3v) is 8.64. The van der Waals surface area contributed by atoms with Crippen molar-refractivity contribution < 1.29 is 9.53 Å². The van der Waals surface area contributed by atoms with Crippen LogP contribution in [0.5, 0.6) is 5.75 Å². The zero-order valence-electron chi connectivity index (χ0n) is 19.0. The Morgan fingerprint density at radius 1 is 0.971 bits per heavy atom. The lowest BCUT2D eigenvalue weighted by Crippen LogP contribution is -2.49. The molecule has 3 nitrogen and oxygen atoms in total. The van der Waals surface area contributed by atoms with E-state index >= 15 is 0 Å². The van der Waals surface area contributed by atoms with Gasteiger partial charge in [0.05, 0.1) is 10.0 Å². The summed E-state index contributed by atoms with van der Waals surface area (Å²) in [4.78, 5) is 16.6. The molecule has 2 aliphatic heterocycles. The quantitative estimate of drug-likeness (QED) is 0.316. The summed E-state index contributed by atoms with van der Waals surface area (Å²) in [6.45, 7) is 2.04. The van der Waals surface area contributed by atoms with Crippen molar-refractivity contribution in [1.82, 2.24) is 4.90 Å². The fourth-order valence-corrected chi connectivity index (χ4v) is 6.41. The number of fused-ring (bicyclic) bond motifs is 2. The number of halogens is 2. The highest BCUT2D eigenvalue weighted by Crippen LogP contribution is 2.39. The number of nitrogens with zero attached hydrogens (tertiary/aromatic N) is 1. The van der Waals surface area contributed by atoms with Crippen molar-refractivity contribution >= 4 is 40.9 Å². The predicted octanol–water partition coefficient (Wildman–Crippen LogP) is 7.81. The molecule has 0 aliphatic carbocycles. The highest BCUT2D eigenvalue weighted by molar-refractivity contribution is 7.98. The van der Waals surface area contributed by atoms with Crippen LogP contribution in [0, 0.1) is 6.92 Å². The van der Waals surface area contributed by atoms with Crippen LogP contribution < -0.4 is 4.74 Å². The van der Waals surface area contributed by atoms with E-state index in [-0.39, 0.29) is 24.1 Å². The summed E-state index contributed by atoms with van der Waals surface area (Å²) < 4.78 is 6.29. The van der Waals surface area contributed by atoms with E-state index in [1.807, 2.05) is 61.5 Å². The van der Waals surface area contributed by atoms with Crippen molar-refractivity contribution in [2.75, 3.05) is 0 Å². The third kappa shape index (κ3) is 5.10. The number of thioether (sulfide) groups is 1. The minimum atomic E-state index is 0.0880. The van der Waals surface area contributed by atoms with E-state index in [0.29, 0.717) is 5.02 Å². The Kier molecular flexibility index (Phi) is 7.10. The van der Waals surface area contributed by atoms with Gasteiger partial charge >= 0.3 is 0 Å². The minimum absolute atomic E-state index is 0.0880. The number of hydrogen-bond acceptors (Lipinski definition) is 3. The summed E-state index contributed by atoms with van der Waals surface area (Å²) in [7, 11) is 0. The molecule has 3 aromatic rings. The normalized spacial score (nSPS) is 21.5. The average molecular weight is 513 g/mol. The maximum Gasteiger partial charge on any atom is 0.254 e. The number of aryl methyl sites for hydroxylation is 1. The average Bonchev–Trinajstić information content (AvgIpc) is 3.11. The zero-order chi connectivity index (χ0) is 23.7. The zero-order valence-corrected chi connectivity index (χ0v) is 21.4. The van der Waals surface area contributed by atoms with Gasteiger partial charge in [0.2, 0.25) is 0 Å². The molecule has 2 bridgehead atoms. The van der Waals surface area contributed by atoms with Crippen LogP contribution in [-0.4, -0.2) is 29.0 Å². The molecule has 6 heteroatoms. The van der Waals surface area contributed by atoms with Crippen LogP contribution in [-0.2, 0) is 5.75 Å². The lowest BCUT2D eigenvalue weighted by Gasteiger charge is -2.39. The second-order valence-corrected chi connectivity index (χ2v) is 11.0. The first-order chi connectivity index (χ1) is 16.5. The van der Waals surface area contributed by atoms with Crippen LogP contribution >= 0.6 is 35.0 Å². The van der Waals surface area contributed by atoms with E-state index in [1.165, 1.54) is 5.56 Å². The van der Waals surface area contributed by atoms with E-state index in [0.717, 1.165) is 58.2 Å².